The highest BCUT2D eigenvalue weighted by Crippen LogP contribution is 2.39. The monoisotopic (exact) mass is 526 g/mol. The van der Waals surface area contributed by atoms with Crippen LogP contribution < -0.4 is 9.64 Å². The third-order valence-electron chi connectivity index (χ3n) is 5.12. The van der Waals surface area contributed by atoms with Crippen LogP contribution in [0.2, 0.25) is 10.0 Å². The van der Waals surface area contributed by atoms with Crippen molar-refractivity contribution in [2.45, 2.75) is 13.8 Å². The lowest BCUT2D eigenvalue weighted by Crippen LogP contribution is -2.28. The third-order valence-corrected chi connectivity index (χ3v) is 6.90. The molecule has 178 valence electrons. The Labute approximate surface area is 216 Å². The predicted octanol–water partition coefficient (Wildman–Crippen LogP) is 6.88. The first kappa shape index (κ1) is 24.9. The molecule has 0 spiro atoms. The molecule has 9 heteroatoms. The van der Waals surface area contributed by atoms with Crippen LogP contribution in [0.3, 0.4) is 0 Å². The van der Waals surface area contributed by atoms with Crippen molar-refractivity contribution in [3.05, 3.63) is 92.3 Å². The number of rotatable bonds is 6. The van der Waals surface area contributed by atoms with E-state index in [2.05, 4.69) is 0 Å². The number of carboxylic acid groups (broad SMARTS) is 1. The van der Waals surface area contributed by atoms with Crippen molar-refractivity contribution in [2.24, 2.45) is 4.99 Å². The van der Waals surface area contributed by atoms with Gasteiger partial charge < -0.3 is 9.84 Å². The zero-order chi connectivity index (χ0) is 25.1. The minimum atomic E-state index is -1.07. The minimum absolute atomic E-state index is 0.260. The van der Waals surface area contributed by atoms with Crippen molar-refractivity contribution < 1.29 is 19.4 Å². The van der Waals surface area contributed by atoms with Gasteiger partial charge in [-0.05, 0) is 84.8 Å². The summed E-state index contributed by atoms with van der Waals surface area (Å²) in [4.78, 5) is 31.0. The van der Waals surface area contributed by atoms with Crippen LogP contribution in [-0.2, 0) is 9.59 Å². The summed E-state index contributed by atoms with van der Waals surface area (Å²) in [5.41, 5.74) is 3.72. The van der Waals surface area contributed by atoms with Gasteiger partial charge in [-0.15, -0.1) is 0 Å². The number of nitrogens with zero attached hydrogens (tertiary/aromatic N) is 2. The number of carbonyl (C=O) groups is 2. The molecular weight excluding hydrogens is 507 g/mol. The second-order valence-corrected chi connectivity index (χ2v) is 9.59. The molecular formula is C26H20Cl2N2O4S. The van der Waals surface area contributed by atoms with Gasteiger partial charge in [-0.25, -0.2) is 9.79 Å². The van der Waals surface area contributed by atoms with Gasteiger partial charge in [-0.1, -0.05) is 47.5 Å². The summed E-state index contributed by atoms with van der Waals surface area (Å²) in [5.74, 6) is -0.939. The minimum Gasteiger partial charge on any atom is -0.482 e. The van der Waals surface area contributed by atoms with Gasteiger partial charge in [0.15, 0.2) is 11.8 Å². The van der Waals surface area contributed by atoms with Crippen molar-refractivity contribution in [3.8, 4) is 5.75 Å². The van der Waals surface area contributed by atoms with E-state index in [0.29, 0.717) is 42.8 Å². The average Bonchev–Trinajstić information content (AvgIpc) is 3.11. The molecule has 0 aliphatic carbocycles. The number of aliphatic imine (C=N–C) groups is 1. The number of hydrogen-bond donors (Lipinski definition) is 1. The van der Waals surface area contributed by atoms with Crippen molar-refractivity contribution in [1.82, 2.24) is 0 Å². The number of aliphatic carboxylic acids is 1. The van der Waals surface area contributed by atoms with Gasteiger partial charge >= 0.3 is 5.97 Å². The van der Waals surface area contributed by atoms with Crippen LogP contribution in [0.4, 0.5) is 11.4 Å². The quantitative estimate of drug-likeness (QED) is 0.354. The Morgan fingerprint density at radius 1 is 1.06 bits per heavy atom. The Kier molecular flexibility index (Phi) is 7.50. The standard InChI is InChI=1S/C26H20Cl2N2O4S/c1-15-6-8-18(12-21(15)27)29-26-30(19-9-7-16(2)22(28)13-19)25(33)23(35-26)11-17-4-3-5-20(10-17)34-14-24(31)32/h3-13H,14H2,1-2H3,(H,31,32)/b23-11-,29-26?. The smallest absolute Gasteiger partial charge is 0.341 e. The molecule has 3 aromatic carbocycles. The fourth-order valence-electron chi connectivity index (χ4n) is 3.25. The summed E-state index contributed by atoms with van der Waals surface area (Å²) < 4.78 is 5.25. The van der Waals surface area contributed by atoms with Gasteiger partial charge in [0.1, 0.15) is 5.75 Å². The summed E-state index contributed by atoms with van der Waals surface area (Å²) in [6.07, 6.45) is 1.72. The van der Waals surface area contributed by atoms with Gasteiger partial charge in [0.25, 0.3) is 5.91 Å². The maximum absolute atomic E-state index is 13.5. The van der Waals surface area contributed by atoms with E-state index >= 15 is 0 Å². The van der Waals surface area contributed by atoms with Crippen molar-refractivity contribution >= 4 is 69.5 Å². The molecule has 0 atom stereocenters. The number of halogens is 2. The van der Waals surface area contributed by atoms with Gasteiger partial charge in [0.05, 0.1) is 16.3 Å². The number of amidine groups is 1. The first-order valence-electron chi connectivity index (χ1n) is 10.5. The molecule has 4 rings (SSSR count). The van der Waals surface area contributed by atoms with E-state index in [1.165, 1.54) is 16.7 Å². The normalized spacial score (nSPS) is 15.8. The average molecular weight is 527 g/mol. The van der Waals surface area contributed by atoms with Gasteiger partial charge in [0.2, 0.25) is 0 Å². The van der Waals surface area contributed by atoms with Crippen LogP contribution in [0.15, 0.2) is 70.6 Å². The Morgan fingerprint density at radius 3 is 2.46 bits per heavy atom. The molecule has 1 amide bonds. The largest absolute Gasteiger partial charge is 0.482 e. The maximum Gasteiger partial charge on any atom is 0.341 e. The zero-order valence-corrected chi connectivity index (χ0v) is 21.1. The SMILES string of the molecule is Cc1ccc(N=C2S/C(=C\c3cccc(OCC(=O)O)c3)C(=O)N2c2ccc(C)c(Cl)c2)cc1Cl. The van der Waals surface area contributed by atoms with E-state index in [0.717, 1.165) is 11.1 Å². The Balaban J connectivity index is 1.74. The molecule has 0 aromatic heterocycles. The predicted molar refractivity (Wildman–Crippen MR) is 142 cm³/mol. The lowest BCUT2D eigenvalue weighted by molar-refractivity contribution is -0.139. The first-order chi connectivity index (χ1) is 16.7. The Hall–Kier alpha value is -3.26. The number of thioether (sulfide) groups is 1. The zero-order valence-electron chi connectivity index (χ0n) is 18.8. The van der Waals surface area contributed by atoms with Crippen molar-refractivity contribution in [3.63, 3.8) is 0 Å². The maximum atomic E-state index is 13.5. The van der Waals surface area contributed by atoms with E-state index in [9.17, 15) is 9.59 Å². The number of hydrogen-bond acceptors (Lipinski definition) is 5. The molecule has 35 heavy (non-hydrogen) atoms. The van der Waals surface area contributed by atoms with Crippen molar-refractivity contribution in [1.29, 1.82) is 0 Å². The number of aryl methyl sites for hydroxylation is 2. The number of ether oxygens (including phenoxy) is 1. The Morgan fingerprint density at radius 2 is 1.77 bits per heavy atom. The first-order valence-corrected chi connectivity index (χ1v) is 12.1. The molecule has 1 heterocycles. The highest BCUT2D eigenvalue weighted by atomic mass is 35.5. The summed E-state index contributed by atoms with van der Waals surface area (Å²) >= 11 is 13.9. The topological polar surface area (TPSA) is 79.2 Å². The molecule has 3 aromatic rings. The fourth-order valence-corrected chi connectivity index (χ4v) is 4.60. The lowest BCUT2D eigenvalue weighted by atomic mass is 10.2. The molecule has 1 aliphatic rings. The molecule has 1 aliphatic heterocycles. The molecule has 0 unspecified atom stereocenters. The molecule has 1 N–H and O–H groups in total. The fraction of sp³-hybridized carbons (Fsp3) is 0.115. The van der Waals surface area contributed by atoms with Crippen LogP contribution in [0.25, 0.3) is 6.08 Å². The van der Waals surface area contributed by atoms with Gasteiger partial charge in [0, 0.05) is 10.0 Å². The summed E-state index contributed by atoms with van der Waals surface area (Å²) in [6, 6.07) is 17.7. The molecule has 0 radical (unpaired) electrons. The van der Waals surface area contributed by atoms with Gasteiger partial charge in [-0.3, -0.25) is 9.69 Å². The highest BCUT2D eigenvalue weighted by Gasteiger charge is 2.35. The van der Waals surface area contributed by atoms with Crippen LogP contribution in [0.5, 0.6) is 5.75 Å². The molecule has 6 nitrogen and oxygen atoms in total. The van der Waals surface area contributed by atoms with Crippen LogP contribution in [0, 0.1) is 13.8 Å². The summed E-state index contributed by atoms with van der Waals surface area (Å²) in [5, 5.41) is 10.4. The number of carbonyl (C=O) groups excluding carboxylic acids is 1. The molecule has 0 bridgehead atoms. The van der Waals surface area contributed by atoms with Crippen molar-refractivity contribution in [2.75, 3.05) is 11.5 Å². The second-order valence-electron chi connectivity index (χ2n) is 7.77. The number of anilines is 1. The summed E-state index contributed by atoms with van der Waals surface area (Å²) in [7, 11) is 0. The van der Waals surface area contributed by atoms with E-state index < -0.39 is 12.6 Å². The number of carboxylic acids is 1. The summed E-state index contributed by atoms with van der Waals surface area (Å²) in [6.45, 7) is 3.34. The lowest BCUT2D eigenvalue weighted by Gasteiger charge is -2.16. The van der Waals surface area contributed by atoms with Crippen LogP contribution >= 0.6 is 35.0 Å². The van der Waals surface area contributed by atoms with E-state index in [4.69, 9.17) is 38.0 Å². The van der Waals surface area contributed by atoms with Crippen LogP contribution in [0.1, 0.15) is 16.7 Å². The van der Waals surface area contributed by atoms with E-state index in [1.54, 1.807) is 42.5 Å². The molecule has 0 saturated carbocycles. The number of benzene rings is 3. The van der Waals surface area contributed by atoms with E-state index in [1.807, 2.05) is 38.1 Å². The third kappa shape index (κ3) is 5.88. The number of amides is 1. The van der Waals surface area contributed by atoms with Crippen LogP contribution in [-0.4, -0.2) is 28.8 Å². The van der Waals surface area contributed by atoms with Gasteiger partial charge in [-0.2, -0.15) is 0 Å². The molecule has 1 fully saturated rings. The molecule has 1 saturated heterocycles. The second kappa shape index (κ2) is 10.6. The Bertz CT molecular complexity index is 1390. The van der Waals surface area contributed by atoms with E-state index in [-0.39, 0.29) is 5.91 Å². The highest BCUT2D eigenvalue weighted by molar-refractivity contribution is 8.19.